The summed E-state index contributed by atoms with van der Waals surface area (Å²) in [5.74, 6) is 0.923. The Bertz CT molecular complexity index is 704. The number of thioether (sulfide) groups is 1. The van der Waals surface area contributed by atoms with E-state index in [1.807, 2.05) is 18.3 Å². The third kappa shape index (κ3) is 2.53. The van der Waals surface area contributed by atoms with Gasteiger partial charge < -0.3 is 0 Å². The van der Waals surface area contributed by atoms with Gasteiger partial charge in [-0.15, -0.1) is 18.3 Å². The van der Waals surface area contributed by atoms with Gasteiger partial charge in [0.05, 0.1) is 17.4 Å². The SMILES string of the molecule is C=CCSc1ccc2nc(-c3cn[nH]c3)ccc2c1. The molecule has 0 aliphatic carbocycles. The van der Waals surface area contributed by atoms with Crippen molar-refractivity contribution in [1.29, 1.82) is 0 Å². The van der Waals surface area contributed by atoms with Gasteiger partial charge in [0.25, 0.3) is 0 Å². The highest BCUT2D eigenvalue weighted by atomic mass is 32.2. The lowest BCUT2D eigenvalue weighted by atomic mass is 10.1. The van der Waals surface area contributed by atoms with Crippen molar-refractivity contribution in [3.63, 3.8) is 0 Å². The van der Waals surface area contributed by atoms with Crippen LogP contribution in [0.3, 0.4) is 0 Å². The van der Waals surface area contributed by atoms with Gasteiger partial charge in [-0.25, -0.2) is 4.98 Å². The lowest BCUT2D eigenvalue weighted by Crippen LogP contribution is -1.84. The number of nitrogens with zero attached hydrogens (tertiary/aromatic N) is 2. The molecule has 0 unspecified atom stereocenters. The van der Waals surface area contributed by atoms with Crippen LogP contribution in [-0.4, -0.2) is 20.9 Å². The third-order valence-corrected chi connectivity index (χ3v) is 3.81. The zero-order chi connectivity index (χ0) is 13.1. The van der Waals surface area contributed by atoms with E-state index in [1.165, 1.54) is 4.90 Å². The number of hydrogen-bond acceptors (Lipinski definition) is 3. The van der Waals surface area contributed by atoms with Crippen molar-refractivity contribution in [2.45, 2.75) is 4.90 Å². The molecule has 94 valence electrons. The van der Waals surface area contributed by atoms with E-state index < -0.39 is 0 Å². The monoisotopic (exact) mass is 267 g/mol. The minimum Gasteiger partial charge on any atom is -0.285 e. The average Bonchev–Trinajstić information content (AvgIpc) is 2.98. The van der Waals surface area contributed by atoms with Crippen molar-refractivity contribution >= 4 is 22.7 Å². The van der Waals surface area contributed by atoms with Gasteiger partial charge in [-0.05, 0) is 24.3 Å². The Hall–Kier alpha value is -2.07. The van der Waals surface area contributed by atoms with Crippen molar-refractivity contribution in [2.24, 2.45) is 0 Å². The maximum atomic E-state index is 4.65. The maximum Gasteiger partial charge on any atom is 0.0741 e. The minimum atomic E-state index is 0.923. The molecule has 0 radical (unpaired) electrons. The highest BCUT2D eigenvalue weighted by molar-refractivity contribution is 7.99. The summed E-state index contributed by atoms with van der Waals surface area (Å²) in [6, 6.07) is 10.4. The average molecular weight is 267 g/mol. The number of aromatic nitrogens is 3. The molecule has 0 saturated carbocycles. The van der Waals surface area contributed by atoms with E-state index in [9.17, 15) is 0 Å². The van der Waals surface area contributed by atoms with Crippen molar-refractivity contribution < 1.29 is 0 Å². The van der Waals surface area contributed by atoms with Crippen LogP contribution in [0.4, 0.5) is 0 Å². The number of aromatic amines is 1. The minimum absolute atomic E-state index is 0.923. The Morgan fingerprint density at radius 2 is 2.21 bits per heavy atom. The number of rotatable bonds is 4. The summed E-state index contributed by atoms with van der Waals surface area (Å²) in [4.78, 5) is 5.89. The molecular weight excluding hydrogens is 254 g/mol. The van der Waals surface area contributed by atoms with Gasteiger partial charge >= 0.3 is 0 Å². The predicted molar refractivity (Wildman–Crippen MR) is 80.2 cm³/mol. The van der Waals surface area contributed by atoms with Crippen molar-refractivity contribution in [3.8, 4) is 11.3 Å². The molecule has 0 fully saturated rings. The first-order chi connectivity index (χ1) is 9.36. The van der Waals surface area contributed by atoms with Crippen molar-refractivity contribution in [2.75, 3.05) is 5.75 Å². The fourth-order valence-electron chi connectivity index (χ4n) is 1.90. The van der Waals surface area contributed by atoms with E-state index in [0.717, 1.165) is 27.9 Å². The van der Waals surface area contributed by atoms with E-state index in [-0.39, 0.29) is 0 Å². The number of pyridine rings is 1. The molecule has 0 atom stereocenters. The fraction of sp³-hybridized carbons (Fsp3) is 0.0667. The topological polar surface area (TPSA) is 41.6 Å². The van der Waals surface area contributed by atoms with Crippen LogP contribution >= 0.6 is 11.8 Å². The van der Waals surface area contributed by atoms with E-state index in [4.69, 9.17) is 0 Å². The normalized spacial score (nSPS) is 10.7. The summed E-state index contributed by atoms with van der Waals surface area (Å²) in [6.07, 6.45) is 5.54. The molecular formula is C15H13N3S. The first kappa shape index (κ1) is 12.0. The molecule has 0 amide bonds. The van der Waals surface area contributed by atoms with Gasteiger partial charge in [0.15, 0.2) is 0 Å². The van der Waals surface area contributed by atoms with Crippen LogP contribution < -0.4 is 0 Å². The highest BCUT2D eigenvalue weighted by Crippen LogP contribution is 2.25. The smallest absolute Gasteiger partial charge is 0.0741 e. The third-order valence-electron chi connectivity index (χ3n) is 2.82. The van der Waals surface area contributed by atoms with Crippen LogP contribution in [0.15, 0.2) is 60.3 Å². The van der Waals surface area contributed by atoms with Gasteiger partial charge in [-0.1, -0.05) is 12.1 Å². The second-order valence-electron chi connectivity index (χ2n) is 4.14. The second kappa shape index (κ2) is 5.28. The Morgan fingerprint density at radius 1 is 1.26 bits per heavy atom. The first-order valence-corrected chi connectivity index (χ1v) is 6.99. The van der Waals surface area contributed by atoms with Gasteiger partial charge in [0, 0.05) is 27.8 Å². The molecule has 3 nitrogen and oxygen atoms in total. The molecule has 0 saturated heterocycles. The van der Waals surface area contributed by atoms with Crippen LogP contribution in [0, 0.1) is 0 Å². The number of hydrogen-bond donors (Lipinski definition) is 1. The first-order valence-electron chi connectivity index (χ1n) is 6.00. The number of nitrogens with one attached hydrogen (secondary N) is 1. The summed E-state index contributed by atoms with van der Waals surface area (Å²) < 4.78 is 0. The molecule has 0 bridgehead atoms. The molecule has 0 spiro atoms. The van der Waals surface area contributed by atoms with E-state index in [1.54, 1.807) is 18.0 Å². The van der Waals surface area contributed by atoms with Crippen LogP contribution in [0.1, 0.15) is 0 Å². The molecule has 0 aliphatic heterocycles. The van der Waals surface area contributed by atoms with E-state index >= 15 is 0 Å². The van der Waals surface area contributed by atoms with E-state index in [0.29, 0.717) is 0 Å². The maximum absolute atomic E-state index is 4.65. The largest absolute Gasteiger partial charge is 0.285 e. The number of fused-ring (bicyclic) bond motifs is 1. The van der Waals surface area contributed by atoms with Crippen LogP contribution in [0.5, 0.6) is 0 Å². The van der Waals surface area contributed by atoms with Crippen LogP contribution in [0.2, 0.25) is 0 Å². The van der Waals surface area contributed by atoms with Gasteiger partial charge in [0.1, 0.15) is 0 Å². The van der Waals surface area contributed by atoms with Crippen LogP contribution in [0.25, 0.3) is 22.2 Å². The Labute approximate surface area is 115 Å². The molecule has 0 aliphatic rings. The lowest BCUT2D eigenvalue weighted by Gasteiger charge is -2.03. The van der Waals surface area contributed by atoms with E-state index in [2.05, 4.69) is 46.0 Å². The molecule has 2 aromatic heterocycles. The summed E-state index contributed by atoms with van der Waals surface area (Å²) >= 11 is 1.78. The van der Waals surface area contributed by atoms with Gasteiger partial charge in [0.2, 0.25) is 0 Å². The number of H-pyrrole nitrogens is 1. The van der Waals surface area contributed by atoms with Gasteiger partial charge in [-0.3, -0.25) is 5.10 Å². The van der Waals surface area contributed by atoms with Gasteiger partial charge in [-0.2, -0.15) is 5.10 Å². The molecule has 3 aromatic rings. The highest BCUT2D eigenvalue weighted by Gasteiger charge is 2.03. The molecule has 2 heterocycles. The lowest BCUT2D eigenvalue weighted by molar-refractivity contribution is 1.09. The zero-order valence-electron chi connectivity index (χ0n) is 10.3. The predicted octanol–water partition coefficient (Wildman–Crippen LogP) is 3.90. The van der Waals surface area contributed by atoms with Crippen LogP contribution in [-0.2, 0) is 0 Å². The van der Waals surface area contributed by atoms with Crippen molar-refractivity contribution in [3.05, 3.63) is 55.4 Å². The molecule has 3 rings (SSSR count). The number of benzene rings is 1. The fourth-order valence-corrected chi connectivity index (χ4v) is 2.59. The Morgan fingerprint density at radius 3 is 3.00 bits per heavy atom. The second-order valence-corrected chi connectivity index (χ2v) is 5.23. The molecule has 19 heavy (non-hydrogen) atoms. The Kier molecular flexibility index (Phi) is 3.33. The molecule has 4 heteroatoms. The summed E-state index contributed by atoms with van der Waals surface area (Å²) in [7, 11) is 0. The zero-order valence-corrected chi connectivity index (χ0v) is 11.2. The molecule has 1 aromatic carbocycles. The summed E-state index contributed by atoms with van der Waals surface area (Å²) in [5, 5.41) is 7.91. The Balaban J connectivity index is 1.98. The van der Waals surface area contributed by atoms with Crippen molar-refractivity contribution in [1.82, 2.24) is 15.2 Å². The molecule has 1 N–H and O–H groups in total. The summed E-state index contributed by atoms with van der Waals surface area (Å²) in [5.41, 5.74) is 2.95. The quantitative estimate of drug-likeness (QED) is 0.575. The standard InChI is InChI=1S/C15H13N3S/c1-2-7-19-13-4-6-14-11(8-13)3-5-15(18-14)12-9-16-17-10-12/h2-6,8-10H,1,7H2,(H,16,17). The summed E-state index contributed by atoms with van der Waals surface area (Å²) in [6.45, 7) is 3.74.